The zero-order valence-corrected chi connectivity index (χ0v) is 4.28. The van der Waals surface area contributed by atoms with Crippen LogP contribution in [0.4, 0.5) is 0 Å². The van der Waals surface area contributed by atoms with E-state index in [2.05, 4.69) is 0 Å². The molecule has 0 heterocycles. The predicted octanol–water partition coefficient (Wildman–Crippen LogP) is -6.58. The van der Waals surface area contributed by atoms with Crippen molar-refractivity contribution in [3.63, 3.8) is 0 Å². The van der Waals surface area contributed by atoms with E-state index in [0.717, 1.165) is 0 Å². The van der Waals surface area contributed by atoms with Crippen LogP contribution in [0.2, 0.25) is 0 Å². The fourth-order valence-corrected chi connectivity index (χ4v) is 0. The molecule has 0 saturated carbocycles. The molecular weight excluding hydrogens is 131 g/mol. The van der Waals surface area contributed by atoms with E-state index >= 15 is 0 Å². The molecule has 0 rings (SSSR count). The summed E-state index contributed by atoms with van der Waals surface area (Å²) in [5.74, 6) is 0. The van der Waals surface area contributed by atoms with E-state index in [4.69, 9.17) is 9.59 Å². The van der Waals surface area contributed by atoms with Crippen LogP contribution >= 0.6 is 0 Å². The van der Waals surface area contributed by atoms with Crippen LogP contribution in [-0.2, 0) is 9.59 Å². The first-order chi connectivity index (χ1) is 1.41. The van der Waals surface area contributed by atoms with Crippen molar-refractivity contribution in [2.45, 2.75) is 0 Å². The Morgan fingerprint density at radius 2 is 1.20 bits per heavy atom. The molecule has 0 radical (unpaired) electrons. The van der Waals surface area contributed by atoms with Crippen molar-refractivity contribution in [1.29, 1.82) is 0 Å². The van der Waals surface area contributed by atoms with E-state index in [0.29, 0.717) is 0 Å². The summed E-state index contributed by atoms with van der Waals surface area (Å²) in [6.45, 7) is 0. The summed E-state index contributed by atoms with van der Waals surface area (Å²) in [4.78, 5) is 16.2. The van der Waals surface area contributed by atoms with Crippen LogP contribution in [0.25, 0.3) is 0 Å². The Bertz CT molecular complexity index is 30.6. The van der Waals surface area contributed by atoms with Gasteiger partial charge in [-0.05, 0) is 0 Å². The fraction of sp³-hybridized carbons (Fsp3) is 0. The van der Waals surface area contributed by atoms with Crippen molar-refractivity contribution < 1.29 is 45.4 Å². The van der Waals surface area contributed by atoms with Gasteiger partial charge in [-0.1, -0.05) is 0 Å². The molecule has 4 heteroatoms. The van der Waals surface area contributed by atoms with Gasteiger partial charge in [0.1, 0.15) is 0 Å². The van der Waals surface area contributed by atoms with Gasteiger partial charge in [0.25, 0.3) is 0 Å². The van der Waals surface area contributed by atoms with Crippen LogP contribution in [0.1, 0.15) is 0 Å². The Morgan fingerprint density at radius 1 is 1.20 bits per heavy atom. The van der Waals surface area contributed by atoms with E-state index in [1.165, 1.54) is 0 Å². The van der Waals surface area contributed by atoms with Crippen molar-refractivity contribution in [1.82, 2.24) is 0 Å². The van der Waals surface area contributed by atoms with Gasteiger partial charge in [0.15, 0.2) is 0 Å². The second-order valence-corrected chi connectivity index (χ2v) is 0.0833. The average Bonchev–Trinajstić information content (AvgIpc) is 0.918. The molecule has 0 fully saturated rings. The summed E-state index contributed by atoms with van der Waals surface area (Å²) >= 11 is 0. The van der Waals surface area contributed by atoms with Gasteiger partial charge in [0.2, 0.25) is 0 Å². The summed E-state index contributed by atoms with van der Waals surface area (Å²) < 4.78 is 0. The molecule has 5 heavy (non-hydrogen) atoms. The maximum Gasteiger partial charge on any atom is 1.00 e. The predicted molar refractivity (Wildman–Crippen MR) is 5.01 cm³/mol. The third-order valence-electron chi connectivity index (χ3n) is 0. The Labute approximate surface area is 51.9 Å². The summed E-state index contributed by atoms with van der Waals surface area (Å²) in [6, 6.07) is 0. The van der Waals surface area contributed by atoms with Gasteiger partial charge in [0, 0.05) is 0 Å². The molecule has 0 saturated heterocycles. The van der Waals surface area contributed by atoms with Crippen molar-refractivity contribution in [2.24, 2.45) is 0 Å². The normalized spacial score (nSPS) is 1.60. The SMILES string of the molecule is O=C=O.[Br-].[Li+]. The topological polar surface area (TPSA) is 34.1 Å². The molecule has 2 nitrogen and oxygen atoms in total. The molecule has 0 aliphatic carbocycles. The molecule has 0 spiro atoms. The second-order valence-electron chi connectivity index (χ2n) is 0.0833. The largest absolute Gasteiger partial charge is 1.00 e. The maximum atomic E-state index is 8.12. The van der Waals surface area contributed by atoms with Crippen molar-refractivity contribution in [3.05, 3.63) is 0 Å². The Balaban J connectivity index is -0.0000000200. The average molecular weight is 131 g/mol. The van der Waals surface area contributed by atoms with E-state index in [1.807, 2.05) is 0 Å². The first-order valence-corrected chi connectivity index (χ1v) is 0.408. The standard InChI is InChI=1S/CO2.BrH.Li/c2-1-3;;/h;1H;/q;;+1/p-1. The Kier molecular flexibility index (Phi) is 90.1. The van der Waals surface area contributed by atoms with Crippen LogP contribution in [0, 0.1) is 0 Å². The van der Waals surface area contributed by atoms with Crippen molar-refractivity contribution in [2.75, 3.05) is 0 Å². The molecule has 0 amide bonds. The van der Waals surface area contributed by atoms with Gasteiger partial charge >= 0.3 is 25.0 Å². The van der Waals surface area contributed by atoms with Gasteiger partial charge in [-0.2, -0.15) is 9.59 Å². The van der Waals surface area contributed by atoms with Gasteiger partial charge in [0.05, 0.1) is 0 Å². The molecule has 24 valence electrons. The third-order valence-corrected chi connectivity index (χ3v) is 0. The van der Waals surface area contributed by atoms with E-state index < -0.39 is 0 Å². The van der Waals surface area contributed by atoms with E-state index in [9.17, 15) is 0 Å². The van der Waals surface area contributed by atoms with Gasteiger partial charge < -0.3 is 17.0 Å². The van der Waals surface area contributed by atoms with Crippen LogP contribution in [-0.4, -0.2) is 6.15 Å². The summed E-state index contributed by atoms with van der Waals surface area (Å²) in [6.07, 6.45) is 0.250. The number of hydrogen-bond acceptors (Lipinski definition) is 2. The molecule has 0 aromatic rings. The van der Waals surface area contributed by atoms with Gasteiger partial charge in [-0.3, -0.25) is 0 Å². The Hall–Kier alpha value is 0.457. The quantitative estimate of drug-likeness (QED) is 0.306. The minimum atomic E-state index is 0. The van der Waals surface area contributed by atoms with Crippen LogP contribution in [0.5, 0.6) is 0 Å². The number of carbonyl (C=O) groups excluding carboxylic acids is 2. The van der Waals surface area contributed by atoms with Crippen molar-refractivity contribution in [3.8, 4) is 0 Å². The van der Waals surface area contributed by atoms with Gasteiger partial charge in [-0.25, -0.2) is 0 Å². The van der Waals surface area contributed by atoms with Crippen LogP contribution in [0.3, 0.4) is 0 Å². The molecule has 0 aromatic carbocycles. The molecule has 0 aromatic heterocycles. The zero-order valence-electron chi connectivity index (χ0n) is 2.69. The smallest absolute Gasteiger partial charge is 1.00 e. The number of hydrogen-bond donors (Lipinski definition) is 0. The number of halogens is 1. The summed E-state index contributed by atoms with van der Waals surface area (Å²) in [5, 5.41) is 0. The zero-order chi connectivity index (χ0) is 2.71. The molecule has 0 atom stereocenters. The minimum absolute atomic E-state index is 0. The summed E-state index contributed by atoms with van der Waals surface area (Å²) in [7, 11) is 0. The molecule has 0 N–H and O–H groups in total. The molecular formula is CBrLiO2. The summed E-state index contributed by atoms with van der Waals surface area (Å²) in [5.41, 5.74) is 0. The number of rotatable bonds is 0. The first-order valence-electron chi connectivity index (χ1n) is 0.408. The maximum absolute atomic E-state index is 8.12. The monoisotopic (exact) mass is 130 g/mol. The van der Waals surface area contributed by atoms with Crippen molar-refractivity contribution >= 4 is 6.15 Å². The Morgan fingerprint density at radius 3 is 1.20 bits per heavy atom. The van der Waals surface area contributed by atoms with E-state index in [1.54, 1.807) is 0 Å². The molecule has 0 aliphatic heterocycles. The minimum Gasteiger partial charge on any atom is -1.00 e. The third kappa shape index (κ3) is 129. The molecule has 0 aliphatic rings. The molecule has 0 unspecified atom stereocenters. The first kappa shape index (κ1) is 18.0. The fourth-order valence-electron chi connectivity index (χ4n) is 0. The van der Waals surface area contributed by atoms with E-state index in [-0.39, 0.29) is 42.0 Å². The van der Waals surface area contributed by atoms with Crippen LogP contribution in [0.15, 0.2) is 0 Å². The van der Waals surface area contributed by atoms with Gasteiger partial charge in [-0.15, -0.1) is 0 Å². The van der Waals surface area contributed by atoms with Crippen LogP contribution < -0.4 is 35.8 Å². The second kappa shape index (κ2) is 25.1. The molecule has 0 bridgehead atoms.